The van der Waals surface area contributed by atoms with Gasteiger partial charge < -0.3 is 10.2 Å². The smallest absolute Gasteiger partial charge is 0.275 e. The normalized spacial score (nSPS) is 11.0. The van der Waals surface area contributed by atoms with Crippen molar-refractivity contribution in [1.82, 2.24) is 15.2 Å². The summed E-state index contributed by atoms with van der Waals surface area (Å²) in [6, 6.07) is 21.4. The number of aryl methyl sites for hydroxylation is 1. The minimum absolute atomic E-state index is 0.00805. The molecule has 1 heterocycles. The van der Waals surface area contributed by atoms with Gasteiger partial charge in [0.05, 0.1) is 17.5 Å². The van der Waals surface area contributed by atoms with E-state index in [0.29, 0.717) is 11.3 Å². The van der Waals surface area contributed by atoms with Gasteiger partial charge in [0.25, 0.3) is 5.91 Å². The number of phenols is 2. The van der Waals surface area contributed by atoms with E-state index in [-0.39, 0.29) is 17.1 Å². The summed E-state index contributed by atoms with van der Waals surface area (Å²) in [4.78, 5) is 12.3. The number of hydrazone groups is 1. The molecule has 7 nitrogen and oxygen atoms in total. The number of carbonyl (C=O) groups excluding carboxylic acids is 1. The molecule has 0 saturated heterocycles. The number of amides is 1. The first-order chi connectivity index (χ1) is 15.0. The molecule has 7 heteroatoms. The van der Waals surface area contributed by atoms with Gasteiger partial charge in [-0.05, 0) is 31.2 Å². The molecule has 1 amide bonds. The van der Waals surface area contributed by atoms with E-state index >= 15 is 0 Å². The van der Waals surface area contributed by atoms with Crippen molar-refractivity contribution in [2.45, 2.75) is 6.92 Å². The standard InChI is InChI=1S/C24H20N4O3/c1-16-7-9-17(10-8-16)23-18(15-28(27-23)19-5-3-2-4-6-19)14-25-26-24(31)21-12-11-20(29)13-22(21)30/h2-15,29-30H,1H3,(H,26,31)/b25-14-. The van der Waals surface area contributed by atoms with Crippen LogP contribution >= 0.6 is 0 Å². The summed E-state index contributed by atoms with van der Waals surface area (Å²) < 4.78 is 1.75. The largest absolute Gasteiger partial charge is 0.508 e. The first kappa shape index (κ1) is 19.9. The van der Waals surface area contributed by atoms with Crippen molar-refractivity contribution < 1.29 is 15.0 Å². The minimum atomic E-state index is -0.596. The number of hydrogen-bond acceptors (Lipinski definition) is 5. The summed E-state index contributed by atoms with van der Waals surface area (Å²) in [5.74, 6) is -1.06. The fraction of sp³-hybridized carbons (Fsp3) is 0.0417. The predicted molar refractivity (Wildman–Crippen MR) is 119 cm³/mol. The number of aromatic hydroxyl groups is 2. The van der Waals surface area contributed by atoms with Gasteiger partial charge in [-0.1, -0.05) is 48.0 Å². The molecule has 0 unspecified atom stereocenters. The molecule has 0 aliphatic carbocycles. The number of para-hydroxylation sites is 1. The van der Waals surface area contributed by atoms with Crippen LogP contribution in [0.15, 0.2) is 84.1 Å². The molecule has 0 aliphatic heterocycles. The number of rotatable bonds is 5. The van der Waals surface area contributed by atoms with Crippen LogP contribution in [0.3, 0.4) is 0 Å². The van der Waals surface area contributed by atoms with Gasteiger partial charge in [-0.3, -0.25) is 4.79 Å². The number of carbonyl (C=O) groups is 1. The van der Waals surface area contributed by atoms with E-state index in [1.54, 1.807) is 4.68 Å². The summed E-state index contributed by atoms with van der Waals surface area (Å²) in [5, 5.41) is 27.9. The van der Waals surface area contributed by atoms with E-state index in [1.807, 2.05) is 67.7 Å². The lowest BCUT2D eigenvalue weighted by Crippen LogP contribution is -2.17. The maximum Gasteiger partial charge on any atom is 0.275 e. The van der Waals surface area contributed by atoms with Crippen LogP contribution < -0.4 is 5.43 Å². The molecule has 4 rings (SSSR count). The van der Waals surface area contributed by atoms with Crippen LogP contribution in [0, 0.1) is 6.92 Å². The van der Waals surface area contributed by atoms with Crippen molar-refractivity contribution in [1.29, 1.82) is 0 Å². The molecular formula is C24H20N4O3. The number of phenolic OH excluding ortho intramolecular Hbond substituents is 2. The quantitative estimate of drug-likeness (QED) is 0.340. The predicted octanol–water partition coefficient (Wildman–Crippen LogP) is 4.02. The van der Waals surface area contributed by atoms with Crippen LogP contribution in [0.4, 0.5) is 0 Å². The Balaban J connectivity index is 1.63. The molecule has 31 heavy (non-hydrogen) atoms. The number of benzene rings is 3. The summed E-state index contributed by atoms with van der Waals surface area (Å²) in [6.45, 7) is 2.02. The van der Waals surface area contributed by atoms with Crippen molar-refractivity contribution in [3.63, 3.8) is 0 Å². The van der Waals surface area contributed by atoms with Gasteiger partial charge in [-0.2, -0.15) is 10.2 Å². The molecule has 154 valence electrons. The summed E-state index contributed by atoms with van der Waals surface area (Å²) >= 11 is 0. The van der Waals surface area contributed by atoms with Crippen LogP contribution in [0.1, 0.15) is 21.5 Å². The summed E-state index contributed by atoms with van der Waals surface area (Å²) in [6.07, 6.45) is 3.34. The first-order valence-corrected chi connectivity index (χ1v) is 9.59. The van der Waals surface area contributed by atoms with Gasteiger partial charge in [0, 0.05) is 23.4 Å². The fourth-order valence-electron chi connectivity index (χ4n) is 3.06. The first-order valence-electron chi connectivity index (χ1n) is 9.59. The molecule has 0 atom stereocenters. The lowest BCUT2D eigenvalue weighted by atomic mass is 10.1. The van der Waals surface area contributed by atoms with Gasteiger partial charge in [0.1, 0.15) is 17.2 Å². The SMILES string of the molecule is Cc1ccc(-c2nn(-c3ccccc3)cc2/C=N\NC(=O)c2ccc(O)cc2O)cc1. The molecule has 0 radical (unpaired) electrons. The number of nitrogens with one attached hydrogen (secondary N) is 1. The van der Waals surface area contributed by atoms with Gasteiger partial charge in [0.2, 0.25) is 0 Å². The Morgan fingerprint density at radius 1 is 1.03 bits per heavy atom. The maximum absolute atomic E-state index is 12.3. The second-order valence-electron chi connectivity index (χ2n) is 6.98. The Bertz CT molecular complexity index is 1250. The molecule has 0 aliphatic rings. The third-order valence-electron chi connectivity index (χ3n) is 4.68. The van der Waals surface area contributed by atoms with Gasteiger partial charge in [-0.25, -0.2) is 10.1 Å². The maximum atomic E-state index is 12.3. The minimum Gasteiger partial charge on any atom is -0.508 e. The zero-order valence-corrected chi connectivity index (χ0v) is 16.7. The van der Waals surface area contributed by atoms with Crippen molar-refractivity contribution in [3.05, 3.63) is 95.7 Å². The van der Waals surface area contributed by atoms with Crippen molar-refractivity contribution in [3.8, 4) is 28.4 Å². The van der Waals surface area contributed by atoms with Crippen molar-refractivity contribution >= 4 is 12.1 Å². The fourth-order valence-corrected chi connectivity index (χ4v) is 3.06. The number of nitrogens with zero attached hydrogens (tertiary/aromatic N) is 3. The Labute approximate surface area is 178 Å². The lowest BCUT2D eigenvalue weighted by Gasteiger charge is -2.03. The third kappa shape index (κ3) is 4.45. The Morgan fingerprint density at radius 3 is 2.48 bits per heavy atom. The van der Waals surface area contributed by atoms with Crippen LogP contribution in [0.5, 0.6) is 11.5 Å². The molecule has 3 N–H and O–H groups in total. The number of hydrogen-bond donors (Lipinski definition) is 3. The topological polar surface area (TPSA) is 99.7 Å². The zero-order valence-electron chi connectivity index (χ0n) is 16.7. The third-order valence-corrected chi connectivity index (χ3v) is 4.68. The van der Waals surface area contributed by atoms with E-state index in [9.17, 15) is 15.0 Å². The van der Waals surface area contributed by atoms with Crippen LogP contribution in [-0.4, -0.2) is 32.1 Å². The summed E-state index contributed by atoms with van der Waals surface area (Å²) in [5.41, 5.74) is 6.79. The highest BCUT2D eigenvalue weighted by Crippen LogP contribution is 2.24. The molecule has 3 aromatic carbocycles. The van der Waals surface area contributed by atoms with E-state index in [1.165, 1.54) is 18.3 Å². The average Bonchev–Trinajstić information content (AvgIpc) is 3.19. The van der Waals surface area contributed by atoms with Gasteiger partial charge >= 0.3 is 0 Å². The molecule has 0 bridgehead atoms. The molecule has 4 aromatic rings. The highest BCUT2D eigenvalue weighted by Gasteiger charge is 2.13. The van der Waals surface area contributed by atoms with Crippen LogP contribution in [0.2, 0.25) is 0 Å². The molecular weight excluding hydrogens is 392 g/mol. The summed E-state index contributed by atoms with van der Waals surface area (Å²) in [7, 11) is 0. The van der Waals surface area contributed by atoms with Crippen LogP contribution in [-0.2, 0) is 0 Å². The number of aromatic nitrogens is 2. The van der Waals surface area contributed by atoms with E-state index < -0.39 is 5.91 Å². The lowest BCUT2D eigenvalue weighted by molar-refractivity contribution is 0.0952. The highest BCUT2D eigenvalue weighted by atomic mass is 16.3. The second-order valence-corrected chi connectivity index (χ2v) is 6.98. The zero-order chi connectivity index (χ0) is 21.8. The Hall–Kier alpha value is -4.39. The Morgan fingerprint density at radius 2 is 1.77 bits per heavy atom. The second kappa shape index (κ2) is 8.54. The van der Waals surface area contributed by atoms with E-state index in [4.69, 9.17) is 5.10 Å². The molecule has 0 fully saturated rings. The molecule has 0 saturated carbocycles. The van der Waals surface area contributed by atoms with Crippen LogP contribution in [0.25, 0.3) is 16.9 Å². The highest BCUT2D eigenvalue weighted by molar-refractivity contribution is 5.98. The monoisotopic (exact) mass is 412 g/mol. The average molecular weight is 412 g/mol. The van der Waals surface area contributed by atoms with E-state index in [0.717, 1.165) is 22.9 Å². The molecule has 0 spiro atoms. The van der Waals surface area contributed by atoms with Gasteiger partial charge in [0.15, 0.2) is 0 Å². The van der Waals surface area contributed by atoms with E-state index in [2.05, 4.69) is 10.5 Å². The molecule has 1 aromatic heterocycles. The Kier molecular flexibility index (Phi) is 5.49. The van der Waals surface area contributed by atoms with Gasteiger partial charge in [-0.15, -0.1) is 0 Å². The van der Waals surface area contributed by atoms with Crippen molar-refractivity contribution in [2.24, 2.45) is 5.10 Å². The van der Waals surface area contributed by atoms with Crippen molar-refractivity contribution in [2.75, 3.05) is 0 Å².